The van der Waals surface area contributed by atoms with Crippen LogP contribution < -0.4 is 0 Å². The highest BCUT2D eigenvalue weighted by molar-refractivity contribution is 7.88. The summed E-state index contributed by atoms with van der Waals surface area (Å²) < 4.78 is 24.9. The van der Waals surface area contributed by atoms with E-state index in [2.05, 4.69) is 16.9 Å². The Bertz CT molecular complexity index is 533. The molecule has 5 nitrogen and oxygen atoms in total. The van der Waals surface area contributed by atoms with Crippen LogP contribution in [0.5, 0.6) is 0 Å². The van der Waals surface area contributed by atoms with Crippen molar-refractivity contribution in [1.29, 1.82) is 0 Å². The van der Waals surface area contributed by atoms with Gasteiger partial charge >= 0.3 is 0 Å². The molecule has 1 aliphatic heterocycles. The molecule has 0 aromatic carbocycles. The Morgan fingerprint density at radius 3 is 2.76 bits per heavy atom. The maximum absolute atomic E-state index is 11.6. The van der Waals surface area contributed by atoms with E-state index in [0.29, 0.717) is 19.0 Å². The molecular formula is C15H25N3O2S. The minimum absolute atomic E-state index is 0.441. The van der Waals surface area contributed by atoms with Crippen molar-refractivity contribution in [1.82, 2.24) is 14.2 Å². The van der Waals surface area contributed by atoms with Gasteiger partial charge in [0.05, 0.1) is 6.26 Å². The first-order valence-corrected chi connectivity index (χ1v) is 9.32. The standard InChI is InChI=1S/C15H25N3O2S/c1-17(11-7-14-5-8-16-9-6-14)12-15-4-3-10-18(13-15)21(2,19)20/h5-6,8-9,15H,3-4,7,10-13H2,1-2H3/t15-/m1/s1. The third-order valence-corrected chi connectivity index (χ3v) is 5.32. The van der Waals surface area contributed by atoms with Crippen LogP contribution in [0.25, 0.3) is 0 Å². The molecule has 0 spiro atoms. The molecule has 1 fully saturated rings. The Morgan fingerprint density at radius 1 is 1.38 bits per heavy atom. The topological polar surface area (TPSA) is 53.5 Å². The van der Waals surface area contributed by atoms with E-state index in [1.54, 1.807) is 4.31 Å². The molecule has 0 N–H and O–H groups in total. The van der Waals surface area contributed by atoms with Crippen LogP contribution in [-0.4, -0.2) is 62.1 Å². The number of hydrogen-bond acceptors (Lipinski definition) is 4. The third-order valence-electron chi connectivity index (χ3n) is 4.05. The largest absolute Gasteiger partial charge is 0.306 e. The summed E-state index contributed by atoms with van der Waals surface area (Å²) in [4.78, 5) is 6.32. The SMILES string of the molecule is CN(CCc1ccncc1)C[C@H]1CCCN(S(C)(=O)=O)C1. The maximum atomic E-state index is 11.6. The van der Waals surface area contributed by atoms with Crippen LogP contribution in [0.15, 0.2) is 24.5 Å². The smallest absolute Gasteiger partial charge is 0.211 e. The van der Waals surface area contributed by atoms with Gasteiger partial charge in [-0.1, -0.05) is 0 Å². The van der Waals surface area contributed by atoms with Crippen molar-refractivity contribution in [3.8, 4) is 0 Å². The van der Waals surface area contributed by atoms with Crippen molar-refractivity contribution >= 4 is 10.0 Å². The molecule has 1 aromatic rings. The third kappa shape index (κ3) is 5.37. The minimum atomic E-state index is -3.04. The lowest BCUT2D eigenvalue weighted by atomic mass is 9.99. The van der Waals surface area contributed by atoms with Gasteiger partial charge in [0.15, 0.2) is 0 Å². The molecule has 0 bridgehead atoms. The molecule has 6 heteroatoms. The van der Waals surface area contributed by atoms with Gasteiger partial charge in [0.1, 0.15) is 0 Å². The first-order valence-electron chi connectivity index (χ1n) is 7.47. The summed E-state index contributed by atoms with van der Waals surface area (Å²) in [6, 6.07) is 4.08. The van der Waals surface area contributed by atoms with Gasteiger partial charge in [-0.25, -0.2) is 12.7 Å². The highest BCUT2D eigenvalue weighted by Crippen LogP contribution is 2.19. The highest BCUT2D eigenvalue weighted by Gasteiger charge is 2.26. The van der Waals surface area contributed by atoms with Crippen molar-refractivity contribution < 1.29 is 8.42 Å². The van der Waals surface area contributed by atoms with Crippen molar-refractivity contribution in [3.05, 3.63) is 30.1 Å². The molecule has 1 aromatic heterocycles. The van der Waals surface area contributed by atoms with Gasteiger partial charge in [-0.2, -0.15) is 0 Å². The molecule has 21 heavy (non-hydrogen) atoms. The Kier molecular flexibility index (Phi) is 5.72. The van der Waals surface area contributed by atoms with Gasteiger partial charge in [0.25, 0.3) is 0 Å². The van der Waals surface area contributed by atoms with Gasteiger partial charge in [-0.15, -0.1) is 0 Å². The second-order valence-electron chi connectivity index (χ2n) is 6.00. The lowest BCUT2D eigenvalue weighted by Crippen LogP contribution is -2.42. The number of piperidine rings is 1. The molecule has 1 atom stereocenters. The molecule has 1 saturated heterocycles. The van der Waals surface area contributed by atoms with E-state index in [1.165, 1.54) is 11.8 Å². The predicted octanol–water partition coefficient (Wildman–Crippen LogP) is 1.23. The molecule has 0 aliphatic carbocycles. The van der Waals surface area contributed by atoms with Crippen LogP contribution >= 0.6 is 0 Å². The zero-order chi connectivity index (χ0) is 15.3. The lowest BCUT2D eigenvalue weighted by molar-refractivity contribution is 0.202. The number of hydrogen-bond donors (Lipinski definition) is 0. The Balaban J connectivity index is 1.78. The first kappa shape index (κ1) is 16.4. The van der Waals surface area contributed by atoms with Crippen molar-refractivity contribution in [2.45, 2.75) is 19.3 Å². The quantitative estimate of drug-likeness (QED) is 0.793. The summed E-state index contributed by atoms with van der Waals surface area (Å²) >= 11 is 0. The normalized spacial score (nSPS) is 20.8. The summed E-state index contributed by atoms with van der Waals surface area (Å²) in [6.45, 7) is 3.28. The highest BCUT2D eigenvalue weighted by atomic mass is 32.2. The Hall–Kier alpha value is -0.980. The van der Waals surface area contributed by atoms with E-state index >= 15 is 0 Å². The van der Waals surface area contributed by atoms with Gasteiger partial charge in [0.2, 0.25) is 10.0 Å². The second kappa shape index (κ2) is 7.33. The van der Waals surface area contributed by atoms with Gasteiger partial charge in [-0.05, 0) is 49.9 Å². The molecule has 2 heterocycles. The van der Waals surface area contributed by atoms with E-state index in [9.17, 15) is 8.42 Å². The van der Waals surface area contributed by atoms with E-state index in [0.717, 1.165) is 32.4 Å². The number of aromatic nitrogens is 1. The second-order valence-corrected chi connectivity index (χ2v) is 7.98. The minimum Gasteiger partial charge on any atom is -0.306 e. The van der Waals surface area contributed by atoms with Crippen molar-refractivity contribution in [2.75, 3.05) is 39.5 Å². The molecule has 0 amide bonds. The fourth-order valence-corrected chi connectivity index (χ4v) is 3.82. The Labute approximate surface area is 128 Å². The molecule has 1 aliphatic rings. The first-order chi connectivity index (χ1) is 9.95. The molecule has 2 rings (SSSR count). The van der Waals surface area contributed by atoms with Crippen LogP contribution in [-0.2, 0) is 16.4 Å². The number of pyridine rings is 1. The average Bonchev–Trinajstić information content (AvgIpc) is 2.46. The van der Waals surface area contributed by atoms with Gasteiger partial charge in [0, 0.05) is 38.6 Å². The molecular weight excluding hydrogens is 286 g/mol. The van der Waals surface area contributed by atoms with Gasteiger partial charge < -0.3 is 4.90 Å². The molecule has 0 saturated carbocycles. The average molecular weight is 311 g/mol. The van der Waals surface area contributed by atoms with Crippen molar-refractivity contribution in [3.63, 3.8) is 0 Å². The monoisotopic (exact) mass is 311 g/mol. The Morgan fingerprint density at radius 2 is 2.10 bits per heavy atom. The van der Waals surface area contributed by atoms with E-state index in [1.807, 2.05) is 24.5 Å². The predicted molar refractivity (Wildman–Crippen MR) is 84.6 cm³/mol. The summed E-state index contributed by atoms with van der Waals surface area (Å²) in [6.07, 6.45) is 8.03. The number of rotatable bonds is 6. The zero-order valence-corrected chi connectivity index (χ0v) is 13.7. The van der Waals surface area contributed by atoms with Crippen LogP contribution in [0, 0.1) is 5.92 Å². The van der Waals surface area contributed by atoms with Crippen LogP contribution in [0.3, 0.4) is 0 Å². The lowest BCUT2D eigenvalue weighted by Gasteiger charge is -2.33. The van der Waals surface area contributed by atoms with Gasteiger partial charge in [-0.3, -0.25) is 4.98 Å². The maximum Gasteiger partial charge on any atom is 0.211 e. The summed E-state index contributed by atoms with van der Waals surface area (Å²) in [5.74, 6) is 0.441. The van der Waals surface area contributed by atoms with Crippen LogP contribution in [0.2, 0.25) is 0 Å². The summed E-state index contributed by atoms with van der Waals surface area (Å²) in [5.41, 5.74) is 1.29. The fraction of sp³-hybridized carbons (Fsp3) is 0.667. The number of sulfonamides is 1. The molecule has 0 radical (unpaired) electrons. The molecule has 0 unspecified atom stereocenters. The van der Waals surface area contributed by atoms with E-state index < -0.39 is 10.0 Å². The fourth-order valence-electron chi connectivity index (χ4n) is 2.88. The number of likely N-dealkylation sites (N-methyl/N-ethyl adjacent to an activating group) is 1. The van der Waals surface area contributed by atoms with E-state index in [4.69, 9.17) is 0 Å². The van der Waals surface area contributed by atoms with Crippen LogP contribution in [0.4, 0.5) is 0 Å². The summed E-state index contributed by atoms with van der Waals surface area (Å²) in [5, 5.41) is 0. The summed E-state index contributed by atoms with van der Waals surface area (Å²) in [7, 11) is -0.930. The van der Waals surface area contributed by atoms with Crippen LogP contribution in [0.1, 0.15) is 18.4 Å². The number of nitrogens with zero attached hydrogens (tertiary/aromatic N) is 3. The molecule has 118 valence electrons. The van der Waals surface area contributed by atoms with Crippen molar-refractivity contribution in [2.24, 2.45) is 5.92 Å². The zero-order valence-electron chi connectivity index (χ0n) is 12.9. The van der Waals surface area contributed by atoms with E-state index in [-0.39, 0.29) is 0 Å².